The summed E-state index contributed by atoms with van der Waals surface area (Å²) >= 11 is 0.821. The van der Waals surface area contributed by atoms with E-state index >= 15 is 0 Å². The van der Waals surface area contributed by atoms with Crippen LogP contribution in [-0.2, 0) is 4.79 Å². The molecule has 1 aromatic heterocycles. The van der Waals surface area contributed by atoms with Crippen molar-refractivity contribution in [3.63, 3.8) is 0 Å². The highest BCUT2D eigenvalue weighted by Gasteiger charge is 2.12. The van der Waals surface area contributed by atoms with Gasteiger partial charge in [-0.2, -0.15) is 0 Å². The molecule has 0 radical (unpaired) electrons. The van der Waals surface area contributed by atoms with Crippen molar-refractivity contribution in [3.8, 4) is 22.9 Å². The molecule has 3 rings (SSSR count). The lowest BCUT2D eigenvalue weighted by atomic mass is 10.2. The number of aliphatic carboxylic acids is 1. The third-order valence-electron chi connectivity index (χ3n) is 3.66. The third kappa shape index (κ3) is 4.68. The van der Waals surface area contributed by atoms with E-state index in [0.717, 1.165) is 11.8 Å². The first kappa shape index (κ1) is 19.4. The van der Waals surface area contributed by atoms with Crippen LogP contribution in [0.1, 0.15) is 5.56 Å². The lowest BCUT2D eigenvalue weighted by molar-refractivity contribution is -0.297. The highest BCUT2D eigenvalue weighted by molar-refractivity contribution is 8.04. The van der Waals surface area contributed by atoms with Gasteiger partial charge >= 0.3 is 0 Å². The quantitative estimate of drug-likeness (QED) is 0.480. The molecule has 28 heavy (non-hydrogen) atoms. The predicted molar refractivity (Wildman–Crippen MR) is 100 cm³/mol. The summed E-state index contributed by atoms with van der Waals surface area (Å²) in [5.74, 6) is -0.229. The maximum absolute atomic E-state index is 13.0. The van der Waals surface area contributed by atoms with E-state index in [1.807, 2.05) is 0 Å². The number of carbonyl (C=O) groups is 1. The number of thioether (sulfide) groups is 1. The number of carboxylic acids is 1. The average Bonchev–Trinajstić information content (AvgIpc) is 3.17. The van der Waals surface area contributed by atoms with Gasteiger partial charge in [-0.3, -0.25) is 5.10 Å². The standard InChI is InChI=1S/C19H16FN3O4S/c1-26-14-8-12(9-15(10-14)27-2)17-21-19(23-22-17)28-16(18(24)25)7-11-3-5-13(20)6-4-11/h3-10H,1-2H3,(H,24,25)(H,21,22,23)/p-1/b16-7+. The Hall–Kier alpha value is -3.33. The molecule has 0 bridgehead atoms. The minimum atomic E-state index is -1.39. The highest BCUT2D eigenvalue weighted by atomic mass is 32.2. The number of hydrogen-bond donors (Lipinski definition) is 1. The van der Waals surface area contributed by atoms with Crippen LogP contribution in [0, 0.1) is 5.82 Å². The molecule has 0 aliphatic rings. The number of hydrogen-bond acceptors (Lipinski definition) is 7. The number of carbonyl (C=O) groups excluding carboxylic acids is 1. The van der Waals surface area contributed by atoms with Crippen molar-refractivity contribution >= 4 is 23.8 Å². The van der Waals surface area contributed by atoms with Crippen molar-refractivity contribution in [1.82, 2.24) is 15.2 Å². The molecule has 1 heterocycles. The van der Waals surface area contributed by atoms with E-state index < -0.39 is 11.8 Å². The van der Waals surface area contributed by atoms with Gasteiger partial charge in [-0.1, -0.05) is 12.1 Å². The molecule has 0 aliphatic heterocycles. The topological polar surface area (TPSA) is 100 Å². The van der Waals surface area contributed by atoms with Crippen molar-refractivity contribution in [2.75, 3.05) is 14.2 Å². The molecule has 1 N–H and O–H groups in total. The summed E-state index contributed by atoms with van der Waals surface area (Å²) in [6.45, 7) is 0. The fourth-order valence-electron chi connectivity index (χ4n) is 2.30. The van der Waals surface area contributed by atoms with Crippen LogP contribution < -0.4 is 14.6 Å². The van der Waals surface area contributed by atoms with Crippen LogP contribution in [0.4, 0.5) is 4.39 Å². The summed E-state index contributed by atoms with van der Waals surface area (Å²) in [5, 5.41) is 18.4. The maximum atomic E-state index is 13.0. The highest BCUT2D eigenvalue weighted by Crippen LogP contribution is 2.30. The Bertz CT molecular complexity index is 996. The number of nitrogens with zero attached hydrogens (tertiary/aromatic N) is 2. The van der Waals surface area contributed by atoms with Crippen LogP contribution >= 0.6 is 11.8 Å². The molecule has 9 heteroatoms. The summed E-state index contributed by atoms with van der Waals surface area (Å²) in [7, 11) is 3.07. The Kier molecular flexibility index (Phi) is 5.95. The Morgan fingerprint density at radius 1 is 1.14 bits per heavy atom. The van der Waals surface area contributed by atoms with Gasteiger partial charge in [0.2, 0.25) is 5.16 Å². The van der Waals surface area contributed by atoms with E-state index in [1.54, 1.807) is 18.2 Å². The molecule has 0 atom stereocenters. The zero-order chi connectivity index (χ0) is 20.1. The molecule has 3 aromatic rings. The minimum absolute atomic E-state index is 0.111. The number of benzene rings is 2. The van der Waals surface area contributed by atoms with Gasteiger partial charge in [-0.25, -0.2) is 9.37 Å². The van der Waals surface area contributed by atoms with Crippen LogP contribution in [0.5, 0.6) is 11.5 Å². The summed E-state index contributed by atoms with van der Waals surface area (Å²) < 4.78 is 23.5. The van der Waals surface area contributed by atoms with Crippen LogP contribution in [-0.4, -0.2) is 35.4 Å². The van der Waals surface area contributed by atoms with Crippen LogP contribution in [0.15, 0.2) is 52.5 Å². The number of methoxy groups -OCH3 is 2. The summed E-state index contributed by atoms with van der Waals surface area (Å²) in [4.78, 5) is 15.6. The molecule has 0 saturated carbocycles. The van der Waals surface area contributed by atoms with Crippen LogP contribution in [0.25, 0.3) is 17.5 Å². The number of H-pyrrole nitrogens is 1. The van der Waals surface area contributed by atoms with Crippen molar-refractivity contribution in [2.24, 2.45) is 0 Å². The first-order valence-corrected chi connectivity index (χ1v) is 8.82. The second-order valence-corrected chi connectivity index (χ2v) is 6.53. The number of ether oxygens (including phenoxy) is 2. The van der Waals surface area contributed by atoms with Gasteiger partial charge < -0.3 is 19.4 Å². The molecule has 7 nitrogen and oxygen atoms in total. The summed E-state index contributed by atoms with van der Waals surface area (Å²) in [6.07, 6.45) is 1.37. The van der Waals surface area contributed by atoms with E-state index in [0.29, 0.717) is 28.5 Å². The lowest BCUT2D eigenvalue weighted by Gasteiger charge is -2.06. The Balaban J connectivity index is 1.86. The predicted octanol–water partition coefficient (Wildman–Crippen LogP) is 2.51. The number of nitrogens with one attached hydrogen (secondary N) is 1. The van der Waals surface area contributed by atoms with Crippen LogP contribution in [0.2, 0.25) is 0 Å². The second-order valence-electron chi connectivity index (χ2n) is 5.52. The Morgan fingerprint density at radius 2 is 1.79 bits per heavy atom. The molecule has 0 saturated heterocycles. The number of halogens is 1. The monoisotopic (exact) mass is 400 g/mol. The van der Waals surface area contributed by atoms with Gasteiger partial charge in [0, 0.05) is 16.5 Å². The van der Waals surface area contributed by atoms with Gasteiger partial charge in [0.1, 0.15) is 17.3 Å². The number of aromatic amines is 1. The van der Waals surface area contributed by atoms with E-state index in [4.69, 9.17) is 9.47 Å². The number of rotatable bonds is 7. The zero-order valence-electron chi connectivity index (χ0n) is 14.9. The van der Waals surface area contributed by atoms with Gasteiger partial charge in [-0.05, 0) is 47.7 Å². The average molecular weight is 400 g/mol. The number of carboxylic acid groups (broad SMARTS) is 1. The Labute approximate surface area is 164 Å². The van der Waals surface area contributed by atoms with Crippen molar-refractivity contribution < 1.29 is 23.8 Å². The van der Waals surface area contributed by atoms with Crippen LogP contribution in [0.3, 0.4) is 0 Å². The van der Waals surface area contributed by atoms with Crippen molar-refractivity contribution in [3.05, 3.63) is 58.8 Å². The molecule has 0 amide bonds. The Morgan fingerprint density at radius 3 is 2.36 bits per heavy atom. The molecular weight excluding hydrogens is 385 g/mol. The molecule has 144 valence electrons. The van der Waals surface area contributed by atoms with E-state index in [-0.39, 0.29) is 10.1 Å². The molecular formula is C19H15FN3O4S-. The summed E-state index contributed by atoms with van der Waals surface area (Å²) in [6, 6.07) is 10.6. The first-order chi connectivity index (χ1) is 13.5. The molecule has 2 aromatic carbocycles. The van der Waals surface area contributed by atoms with E-state index in [1.165, 1.54) is 44.6 Å². The fraction of sp³-hybridized carbons (Fsp3) is 0.105. The SMILES string of the molecule is COc1cc(OC)cc(-c2nc(S/C(=C/c3ccc(F)cc3)C(=O)[O-])n[nH]2)c1. The number of aromatic nitrogens is 3. The van der Waals surface area contributed by atoms with Gasteiger partial charge in [0.15, 0.2) is 5.82 Å². The minimum Gasteiger partial charge on any atom is -0.544 e. The fourth-order valence-corrected chi connectivity index (χ4v) is 3.01. The normalized spacial score (nSPS) is 11.3. The van der Waals surface area contributed by atoms with Crippen molar-refractivity contribution in [1.29, 1.82) is 0 Å². The smallest absolute Gasteiger partial charge is 0.213 e. The third-order valence-corrected chi connectivity index (χ3v) is 4.53. The molecule has 0 fully saturated rings. The largest absolute Gasteiger partial charge is 0.544 e. The first-order valence-electron chi connectivity index (χ1n) is 8.01. The van der Waals surface area contributed by atoms with Crippen molar-refractivity contribution in [2.45, 2.75) is 5.16 Å². The lowest BCUT2D eigenvalue weighted by Crippen LogP contribution is -2.23. The van der Waals surface area contributed by atoms with Gasteiger partial charge in [0.05, 0.1) is 20.2 Å². The molecule has 0 spiro atoms. The molecule has 0 unspecified atom stereocenters. The molecule has 0 aliphatic carbocycles. The van der Waals surface area contributed by atoms with E-state index in [9.17, 15) is 14.3 Å². The van der Waals surface area contributed by atoms with Gasteiger partial charge in [0.25, 0.3) is 0 Å². The zero-order valence-corrected chi connectivity index (χ0v) is 15.7. The van der Waals surface area contributed by atoms with Gasteiger partial charge in [-0.15, -0.1) is 5.10 Å². The van der Waals surface area contributed by atoms with E-state index in [2.05, 4.69) is 15.2 Å². The summed E-state index contributed by atoms with van der Waals surface area (Å²) in [5.41, 5.74) is 1.18. The second kappa shape index (κ2) is 8.57. The maximum Gasteiger partial charge on any atom is 0.213 e.